The van der Waals surface area contributed by atoms with Crippen LogP contribution in [0, 0.1) is 11.8 Å². The van der Waals surface area contributed by atoms with Crippen molar-refractivity contribution >= 4 is 21.7 Å². The summed E-state index contributed by atoms with van der Waals surface area (Å²) in [5.74, 6) is -2.95. The van der Waals surface area contributed by atoms with Crippen LogP contribution in [-0.4, -0.2) is 21.7 Å². The van der Waals surface area contributed by atoms with Crippen LogP contribution in [0.4, 0.5) is 13.2 Å². The van der Waals surface area contributed by atoms with Crippen LogP contribution in [-0.2, 0) is 6.54 Å². The third-order valence-electron chi connectivity index (χ3n) is 3.99. The summed E-state index contributed by atoms with van der Waals surface area (Å²) in [5.41, 5.74) is 0.276. The molecular weight excluding hydrogens is 349 g/mol. The SMILES string of the molecule is CCCn1ncc(Br)c1C(=O)C1CCCCC1C(F)(F)F. The molecule has 2 unspecified atom stereocenters. The third-order valence-corrected chi connectivity index (χ3v) is 4.57. The summed E-state index contributed by atoms with van der Waals surface area (Å²) in [6.45, 7) is 2.46. The highest BCUT2D eigenvalue weighted by molar-refractivity contribution is 9.10. The maximum atomic E-state index is 13.2. The molecule has 1 aliphatic rings. The highest BCUT2D eigenvalue weighted by atomic mass is 79.9. The van der Waals surface area contributed by atoms with E-state index in [2.05, 4.69) is 21.0 Å². The van der Waals surface area contributed by atoms with Crippen molar-refractivity contribution in [3.8, 4) is 0 Å². The van der Waals surface area contributed by atoms with Gasteiger partial charge in [0.05, 0.1) is 16.6 Å². The van der Waals surface area contributed by atoms with E-state index in [1.807, 2.05) is 6.92 Å². The van der Waals surface area contributed by atoms with E-state index in [1.54, 1.807) is 0 Å². The first kappa shape index (κ1) is 16.5. The first-order chi connectivity index (χ1) is 9.86. The van der Waals surface area contributed by atoms with E-state index >= 15 is 0 Å². The smallest absolute Gasteiger partial charge is 0.292 e. The first-order valence-corrected chi connectivity index (χ1v) is 7.97. The van der Waals surface area contributed by atoms with Gasteiger partial charge < -0.3 is 0 Å². The van der Waals surface area contributed by atoms with Crippen LogP contribution < -0.4 is 0 Å². The van der Waals surface area contributed by atoms with Crippen LogP contribution in [0.1, 0.15) is 49.5 Å². The summed E-state index contributed by atoms with van der Waals surface area (Å²) in [6.07, 6.45) is -0.531. The molecule has 7 heteroatoms. The number of carbonyl (C=O) groups is 1. The Morgan fingerprint density at radius 3 is 2.71 bits per heavy atom. The van der Waals surface area contributed by atoms with Crippen molar-refractivity contribution < 1.29 is 18.0 Å². The van der Waals surface area contributed by atoms with Gasteiger partial charge >= 0.3 is 6.18 Å². The number of alkyl halides is 3. The molecule has 1 fully saturated rings. The molecule has 0 saturated heterocycles. The van der Waals surface area contributed by atoms with Gasteiger partial charge in [-0.2, -0.15) is 18.3 Å². The minimum absolute atomic E-state index is 0.0411. The number of carbonyl (C=O) groups excluding carboxylic acids is 1. The quantitative estimate of drug-likeness (QED) is 0.729. The molecule has 1 aliphatic carbocycles. The fourth-order valence-corrected chi connectivity index (χ4v) is 3.49. The average molecular weight is 367 g/mol. The Kier molecular flexibility index (Phi) is 5.11. The molecule has 0 radical (unpaired) electrons. The van der Waals surface area contributed by atoms with Crippen LogP contribution in [0.5, 0.6) is 0 Å². The Labute approximate surface area is 130 Å². The fourth-order valence-electron chi connectivity index (χ4n) is 3.00. The number of halogens is 4. The van der Waals surface area contributed by atoms with Crippen molar-refractivity contribution in [2.75, 3.05) is 0 Å². The van der Waals surface area contributed by atoms with Crippen molar-refractivity contribution in [3.63, 3.8) is 0 Å². The molecule has 118 valence electrons. The third kappa shape index (κ3) is 3.49. The topological polar surface area (TPSA) is 34.9 Å². The predicted molar refractivity (Wildman–Crippen MR) is 76.1 cm³/mol. The lowest BCUT2D eigenvalue weighted by atomic mass is 9.76. The van der Waals surface area contributed by atoms with E-state index in [4.69, 9.17) is 0 Å². The van der Waals surface area contributed by atoms with Crippen molar-refractivity contribution in [2.45, 2.75) is 51.7 Å². The number of hydrogen-bond donors (Lipinski definition) is 0. The lowest BCUT2D eigenvalue weighted by molar-refractivity contribution is -0.191. The van der Waals surface area contributed by atoms with Crippen LogP contribution in [0.2, 0.25) is 0 Å². The molecular formula is C14H18BrF3N2O. The Balaban J connectivity index is 2.31. The molecule has 0 N–H and O–H groups in total. The molecule has 3 nitrogen and oxygen atoms in total. The predicted octanol–water partition coefficient (Wildman–Crippen LogP) is 4.61. The van der Waals surface area contributed by atoms with Crippen molar-refractivity contribution in [2.24, 2.45) is 11.8 Å². The van der Waals surface area contributed by atoms with Gasteiger partial charge in [-0.3, -0.25) is 9.48 Å². The van der Waals surface area contributed by atoms with E-state index < -0.39 is 23.8 Å². The van der Waals surface area contributed by atoms with E-state index in [0.717, 1.165) is 6.42 Å². The number of rotatable bonds is 4. The standard InChI is InChI=1S/C14H18BrF3N2O/c1-2-7-20-12(11(15)8-19-20)13(21)9-5-3-4-6-10(9)14(16,17)18/h8-10H,2-7H2,1H3. The Hall–Kier alpha value is -0.850. The van der Waals surface area contributed by atoms with Gasteiger partial charge in [-0.1, -0.05) is 19.8 Å². The summed E-state index contributed by atoms with van der Waals surface area (Å²) < 4.78 is 41.5. The zero-order chi connectivity index (χ0) is 15.6. The summed E-state index contributed by atoms with van der Waals surface area (Å²) >= 11 is 3.24. The number of Topliss-reactive ketones (excluding diaryl/α,β-unsaturated/α-hetero) is 1. The van der Waals surface area contributed by atoms with E-state index in [0.29, 0.717) is 30.3 Å². The molecule has 21 heavy (non-hydrogen) atoms. The second kappa shape index (κ2) is 6.50. The normalized spacial score (nSPS) is 23.3. The largest absolute Gasteiger partial charge is 0.392 e. The molecule has 0 spiro atoms. The van der Waals surface area contributed by atoms with Crippen molar-refractivity contribution in [1.82, 2.24) is 9.78 Å². The Morgan fingerprint density at radius 2 is 2.10 bits per heavy atom. The molecule has 1 heterocycles. The zero-order valence-electron chi connectivity index (χ0n) is 11.8. The first-order valence-electron chi connectivity index (χ1n) is 7.18. The summed E-state index contributed by atoms with van der Waals surface area (Å²) in [6, 6.07) is 0. The number of hydrogen-bond acceptors (Lipinski definition) is 2. The van der Waals surface area contributed by atoms with Crippen LogP contribution in [0.15, 0.2) is 10.7 Å². The molecule has 0 aliphatic heterocycles. The van der Waals surface area contributed by atoms with Gasteiger partial charge in [0.1, 0.15) is 5.69 Å². The monoisotopic (exact) mass is 366 g/mol. The zero-order valence-corrected chi connectivity index (χ0v) is 13.4. The number of aromatic nitrogens is 2. The maximum Gasteiger partial charge on any atom is 0.392 e. The lowest BCUT2D eigenvalue weighted by Crippen LogP contribution is -2.38. The van der Waals surface area contributed by atoms with Crippen LogP contribution in [0.25, 0.3) is 0 Å². The van der Waals surface area contributed by atoms with Gasteiger partial charge in [-0.15, -0.1) is 0 Å². The molecule has 1 aromatic rings. The maximum absolute atomic E-state index is 13.2. The fraction of sp³-hybridized carbons (Fsp3) is 0.714. The molecule has 2 atom stereocenters. The number of aryl methyl sites for hydroxylation is 1. The number of ketones is 1. The second-order valence-corrected chi connectivity index (χ2v) is 6.32. The molecule has 2 rings (SSSR count). The minimum Gasteiger partial charge on any atom is -0.292 e. The minimum atomic E-state index is -4.32. The van der Waals surface area contributed by atoms with Gasteiger partial charge in [0.2, 0.25) is 0 Å². The van der Waals surface area contributed by atoms with Gasteiger partial charge in [-0.25, -0.2) is 0 Å². The van der Waals surface area contributed by atoms with Gasteiger partial charge in [0.25, 0.3) is 0 Å². The summed E-state index contributed by atoms with van der Waals surface area (Å²) in [7, 11) is 0. The lowest BCUT2D eigenvalue weighted by Gasteiger charge is -2.32. The van der Waals surface area contributed by atoms with E-state index in [9.17, 15) is 18.0 Å². The van der Waals surface area contributed by atoms with Gasteiger partial charge in [-0.05, 0) is 35.2 Å². The average Bonchev–Trinajstić information content (AvgIpc) is 2.79. The van der Waals surface area contributed by atoms with Gasteiger partial charge in [0, 0.05) is 12.5 Å². The summed E-state index contributed by atoms with van der Waals surface area (Å²) in [5, 5.41) is 4.08. The van der Waals surface area contributed by atoms with Crippen molar-refractivity contribution in [3.05, 3.63) is 16.4 Å². The molecule has 0 aromatic carbocycles. The highest BCUT2D eigenvalue weighted by Crippen LogP contribution is 2.43. The molecule has 1 saturated carbocycles. The second-order valence-electron chi connectivity index (χ2n) is 5.47. The van der Waals surface area contributed by atoms with Crippen molar-refractivity contribution in [1.29, 1.82) is 0 Å². The van der Waals surface area contributed by atoms with E-state index in [-0.39, 0.29) is 12.1 Å². The highest BCUT2D eigenvalue weighted by Gasteiger charge is 2.48. The number of nitrogens with zero attached hydrogens (tertiary/aromatic N) is 2. The summed E-state index contributed by atoms with van der Waals surface area (Å²) in [4.78, 5) is 12.6. The van der Waals surface area contributed by atoms with Crippen LogP contribution >= 0.6 is 15.9 Å². The van der Waals surface area contributed by atoms with Gasteiger partial charge in [0.15, 0.2) is 5.78 Å². The molecule has 1 aromatic heterocycles. The molecule has 0 bridgehead atoms. The molecule has 0 amide bonds. The van der Waals surface area contributed by atoms with E-state index in [1.165, 1.54) is 10.9 Å². The Morgan fingerprint density at radius 1 is 1.43 bits per heavy atom. The Bertz CT molecular complexity index is 513. The van der Waals surface area contributed by atoms with Crippen LogP contribution in [0.3, 0.4) is 0 Å².